The number of benzene rings is 1. The maximum Gasteiger partial charge on any atom is 0.243 e. The van der Waals surface area contributed by atoms with E-state index in [0.717, 1.165) is 38.2 Å². The summed E-state index contributed by atoms with van der Waals surface area (Å²) >= 11 is 0. The number of nitrogens with one attached hydrogen (secondary N) is 1. The van der Waals surface area contributed by atoms with Crippen LogP contribution in [0.25, 0.3) is 0 Å². The van der Waals surface area contributed by atoms with Crippen molar-refractivity contribution in [1.82, 2.24) is 14.5 Å². The molecular formula is C16H25N3O3S. The molecule has 1 atom stereocenters. The molecule has 1 unspecified atom stereocenters. The minimum atomic E-state index is -3.42. The smallest absolute Gasteiger partial charge is 0.243 e. The van der Waals surface area contributed by atoms with Gasteiger partial charge in [-0.2, -0.15) is 4.31 Å². The molecule has 2 fully saturated rings. The molecule has 0 saturated carbocycles. The first kappa shape index (κ1) is 16.7. The van der Waals surface area contributed by atoms with Gasteiger partial charge in [-0.3, -0.25) is 4.90 Å². The number of rotatable bonds is 4. The Bertz CT molecular complexity index is 649. The minimum Gasteiger partial charge on any atom is -0.496 e. The lowest BCUT2D eigenvalue weighted by Gasteiger charge is -2.37. The van der Waals surface area contributed by atoms with E-state index in [1.54, 1.807) is 29.6 Å². The highest BCUT2D eigenvalue weighted by Crippen LogP contribution is 2.25. The summed E-state index contributed by atoms with van der Waals surface area (Å²) in [6.45, 7) is 6.68. The lowest BCUT2D eigenvalue weighted by atomic mass is 10.2. The molecule has 7 heteroatoms. The van der Waals surface area contributed by atoms with Crippen molar-refractivity contribution < 1.29 is 13.2 Å². The Morgan fingerprint density at radius 2 is 1.96 bits per heavy atom. The van der Waals surface area contributed by atoms with Gasteiger partial charge in [0.05, 0.1) is 12.0 Å². The van der Waals surface area contributed by atoms with Crippen LogP contribution in [0.3, 0.4) is 0 Å². The second-order valence-electron chi connectivity index (χ2n) is 6.22. The Labute approximate surface area is 138 Å². The summed E-state index contributed by atoms with van der Waals surface area (Å²) in [5.74, 6) is 0.711. The molecule has 0 aliphatic carbocycles. The standard InChI is InChI=1S/C16H25N3O3S/c1-13-11-15(3-4-16(13)22-2)23(20,21)19-9-7-18(8-10-19)14-5-6-17-12-14/h3-4,11,14,17H,5-10,12H2,1-2H3. The second kappa shape index (κ2) is 6.76. The van der Waals surface area contributed by atoms with Gasteiger partial charge in [0.25, 0.3) is 0 Å². The first-order valence-electron chi connectivity index (χ1n) is 8.12. The van der Waals surface area contributed by atoms with E-state index in [1.807, 2.05) is 6.92 Å². The lowest BCUT2D eigenvalue weighted by Crippen LogP contribution is -2.52. The fourth-order valence-corrected chi connectivity index (χ4v) is 4.93. The number of hydrogen-bond acceptors (Lipinski definition) is 5. The average Bonchev–Trinajstić information content (AvgIpc) is 3.09. The number of hydrogen-bond donors (Lipinski definition) is 1. The summed E-state index contributed by atoms with van der Waals surface area (Å²) in [5, 5.41) is 3.37. The highest BCUT2D eigenvalue weighted by atomic mass is 32.2. The summed E-state index contributed by atoms with van der Waals surface area (Å²) < 4.78 is 32.5. The predicted octanol–water partition coefficient (Wildman–Crippen LogP) is 0.672. The number of ether oxygens (including phenoxy) is 1. The Morgan fingerprint density at radius 3 is 2.52 bits per heavy atom. The third-order valence-corrected chi connectivity index (χ3v) is 6.72. The van der Waals surface area contributed by atoms with Crippen LogP contribution >= 0.6 is 0 Å². The highest BCUT2D eigenvalue weighted by Gasteiger charge is 2.32. The normalized spacial score (nSPS) is 24.0. The van der Waals surface area contributed by atoms with E-state index >= 15 is 0 Å². The van der Waals surface area contributed by atoms with Crippen molar-refractivity contribution in [2.45, 2.75) is 24.3 Å². The van der Waals surface area contributed by atoms with E-state index < -0.39 is 10.0 Å². The van der Waals surface area contributed by atoms with E-state index in [-0.39, 0.29) is 0 Å². The molecule has 0 aromatic heterocycles. The van der Waals surface area contributed by atoms with Gasteiger partial charge in [0.15, 0.2) is 0 Å². The summed E-state index contributed by atoms with van der Waals surface area (Å²) in [4.78, 5) is 2.76. The van der Waals surface area contributed by atoms with Crippen LogP contribution in [0.5, 0.6) is 5.75 Å². The largest absolute Gasteiger partial charge is 0.496 e. The maximum atomic E-state index is 12.8. The number of nitrogens with zero attached hydrogens (tertiary/aromatic N) is 2. The van der Waals surface area contributed by atoms with Crippen LogP contribution in [-0.2, 0) is 10.0 Å². The van der Waals surface area contributed by atoms with Crippen molar-refractivity contribution in [2.24, 2.45) is 0 Å². The summed E-state index contributed by atoms with van der Waals surface area (Å²) in [6, 6.07) is 5.61. The van der Waals surface area contributed by atoms with Gasteiger partial charge in [0, 0.05) is 38.8 Å². The van der Waals surface area contributed by atoms with Gasteiger partial charge >= 0.3 is 0 Å². The lowest BCUT2D eigenvalue weighted by molar-refractivity contribution is 0.145. The van der Waals surface area contributed by atoms with Crippen LogP contribution in [0.15, 0.2) is 23.1 Å². The molecule has 0 bridgehead atoms. The van der Waals surface area contributed by atoms with Crippen LogP contribution in [0.1, 0.15) is 12.0 Å². The zero-order valence-electron chi connectivity index (χ0n) is 13.8. The van der Waals surface area contributed by atoms with Gasteiger partial charge in [-0.15, -0.1) is 0 Å². The van der Waals surface area contributed by atoms with E-state index in [2.05, 4.69) is 10.2 Å². The van der Waals surface area contributed by atoms with E-state index in [4.69, 9.17) is 4.74 Å². The Balaban J connectivity index is 1.70. The quantitative estimate of drug-likeness (QED) is 0.874. The van der Waals surface area contributed by atoms with Crippen LogP contribution in [0.2, 0.25) is 0 Å². The van der Waals surface area contributed by atoms with Gasteiger partial charge in [-0.25, -0.2) is 8.42 Å². The van der Waals surface area contributed by atoms with E-state index in [0.29, 0.717) is 29.8 Å². The molecule has 3 rings (SSSR count). The zero-order valence-corrected chi connectivity index (χ0v) is 14.6. The fourth-order valence-electron chi connectivity index (χ4n) is 3.42. The van der Waals surface area contributed by atoms with Crippen LogP contribution < -0.4 is 10.1 Å². The van der Waals surface area contributed by atoms with Crippen molar-refractivity contribution in [1.29, 1.82) is 0 Å². The van der Waals surface area contributed by atoms with Crippen LogP contribution in [0, 0.1) is 6.92 Å². The molecule has 2 heterocycles. The SMILES string of the molecule is COc1ccc(S(=O)(=O)N2CCN(C3CCNC3)CC2)cc1C. The fraction of sp³-hybridized carbons (Fsp3) is 0.625. The first-order chi connectivity index (χ1) is 11.0. The van der Waals surface area contributed by atoms with Crippen molar-refractivity contribution in [3.63, 3.8) is 0 Å². The van der Waals surface area contributed by atoms with Crippen molar-refractivity contribution in [3.05, 3.63) is 23.8 Å². The topological polar surface area (TPSA) is 61.9 Å². The molecule has 1 aromatic carbocycles. The van der Waals surface area contributed by atoms with Crippen LogP contribution in [-0.4, -0.2) is 70.0 Å². The van der Waals surface area contributed by atoms with E-state index in [9.17, 15) is 8.42 Å². The predicted molar refractivity (Wildman–Crippen MR) is 89.3 cm³/mol. The maximum absolute atomic E-state index is 12.8. The van der Waals surface area contributed by atoms with Crippen molar-refractivity contribution >= 4 is 10.0 Å². The second-order valence-corrected chi connectivity index (χ2v) is 8.16. The van der Waals surface area contributed by atoms with E-state index in [1.165, 1.54) is 0 Å². The summed E-state index contributed by atoms with van der Waals surface area (Å²) in [5.41, 5.74) is 0.837. The monoisotopic (exact) mass is 339 g/mol. The number of aryl methyl sites for hydroxylation is 1. The van der Waals surface area contributed by atoms with Gasteiger partial charge < -0.3 is 10.1 Å². The Morgan fingerprint density at radius 1 is 1.22 bits per heavy atom. The third-order valence-electron chi connectivity index (χ3n) is 4.83. The molecule has 2 aliphatic rings. The molecule has 2 aliphatic heterocycles. The molecule has 23 heavy (non-hydrogen) atoms. The van der Waals surface area contributed by atoms with Gasteiger partial charge in [0.1, 0.15) is 5.75 Å². The number of methoxy groups -OCH3 is 1. The van der Waals surface area contributed by atoms with Crippen molar-refractivity contribution in [2.75, 3.05) is 46.4 Å². The molecule has 2 saturated heterocycles. The Kier molecular flexibility index (Phi) is 4.91. The van der Waals surface area contributed by atoms with Gasteiger partial charge in [-0.1, -0.05) is 0 Å². The van der Waals surface area contributed by atoms with Gasteiger partial charge in [0.2, 0.25) is 10.0 Å². The number of piperazine rings is 1. The first-order valence-corrected chi connectivity index (χ1v) is 9.56. The van der Waals surface area contributed by atoms with Crippen LogP contribution in [0.4, 0.5) is 0 Å². The molecule has 0 radical (unpaired) electrons. The molecule has 6 nitrogen and oxygen atoms in total. The molecule has 0 spiro atoms. The molecule has 128 valence electrons. The Hall–Kier alpha value is -1.15. The summed E-state index contributed by atoms with van der Waals surface area (Å²) in [6.07, 6.45) is 1.16. The third kappa shape index (κ3) is 3.38. The molecule has 1 N–H and O–H groups in total. The molecule has 0 amide bonds. The number of sulfonamides is 1. The summed E-state index contributed by atoms with van der Waals surface area (Å²) in [7, 11) is -1.83. The average molecular weight is 339 g/mol. The highest BCUT2D eigenvalue weighted by molar-refractivity contribution is 7.89. The minimum absolute atomic E-state index is 0.354. The zero-order chi connectivity index (χ0) is 16.4. The molecule has 1 aromatic rings. The van der Waals surface area contributed by atoms with Crippen molar-refractivity contribution in [3.8, 4) is 5.75 Å². The molecular weight excluding hydrogens is 314 g/mol. The van der Waals surface area contributed by atoms with Gasteiger partial charge in [-0.05, 0) is 43.7 Å².